The molecule has 0 aliphatic carbocycles. The summed E-state index contributed by atoms with van der Waals surface area (Å²) in [5, 5.41) is 3.15. The lowest BCUT2D eigenvalue weighted by Gasteiger charge is -2.12. The molecule has 1 N–H and O–H groups in total. The topological polar surface area (TPSA) is 38.3 Å². The molecule has 1 aromatic rings. The summed E-state index contributed by atoms with van der Waals surface area (Å²) in [5.74, 6) is 0.365. The molecule has 0 spiro atoms. The highest BCUT2D eigenvalue weighted by Gasteiger charge is 2.13. The van der Waals surface area contributed by atoms with Crippen molar-refractivity contribution in [3.05, 3.63) is 42.0 Å². The molecule has 0 bridgehead atoms. The Hall–Kier alpha value is -1.61. The highest BCUT2D eigenvalue weighted by Crippen LogP contribution is 2.13. The minimum atomic E-state index is -0.234. The Labute approximate surface area is 88.8 Å². The first kappa shape index (κ1) is 9.93. The van der Waals surface area contributed by atoms with Gasteiger partial charge in [-0.3, -0.25) is 0 Å². The second kappa shape index (κ2) is 4.75. The summed E-state index contributed by atoms with van der Waals surface area (Å²) in [6.07, 6.45) is 2.63. The summed E-state index contributed by atoms with van der Waals surface area (Å²) >= 11 is 0. The van der Waals surface area contributed by atoms with Crippen molar-refractivity contribution in [2.45, 2.75) is 6.42 Å². The maximum atomic E-state index is 11.6. The third-order valence-corrected chi connectivity index (χ3v) is 2.28. The van der Waals surface area contributed by atoms with E-state index >= 15 is 0 Å². The molecule has 0 saturated carbocycles. The highest BCUT2D eigenvalue weighted by molar-refractivity contribution is 5.90. The van der Waals surface area contributed by atoms with Crippen molar-refractivity contribution in [1.82, 2.24) is 5.32 Å². The number of rotatable bonds is 2. The fourth-order valence-corrected chi connectivity index (χ4v) is 1.47. The SMILES string of the molecule is O=C(Oc1ccccc1)C1=CCNCC1. The van der Waals surface area contributed by atoms with Gasteiger partial charge in [0, 0.05) is 12.1 Å². The number of carbonyl (C=O) groups is 1. The normalized spacial score (nSPS) is 15.6. The van der Waals surface area contributed by atoms with Gasteiger partial charge in [-0.2, -0.15) is 0 Å². The van der Waals surface area contributed by atoms with Crippen molar-refractivity contribution in [3.63, 3.8) is 0 Å². The maximum absolute atomic E-state index is 11.6. The molecule has 0 fully saturated rings. The Morgan fingerprint density at radius 1 is 1.27 bits per heavy atom. The predicted octanol–water partition coefficient (Wildman–Crippen LogP) is 1.51. The van der Waals surface area contributed by atoms with Gasteiger partial charge in [-0.1, -0.05) is 24.3 Å². The monoisotopic (exact) mass is 203 g/mol. The molecule has 1 aliphatic rings. The summed E-state index contributed by atoms with van der Waals surface area (Å²) in [6, 6.07) is 9.14. The molecule has 1 aliphatic heterocycles. The third kappa shape index (κ3) is 2.67. The average Bonchev–Trinajstić information content (AvgIpc) is 2.31. The van der Waals surface area contributed by atoms with E-state index in [0.717, 1.165) is 25.1 Å². The largest absolute Gasteiger partial charge is 0.423 e. The molecular formula is C12H13NO2. The van der Waals surface area contributed by atoms with Crippen LogP contribution >= 0.6 is 0 Å². The van der Waals surface area contributed by atoms with Crippen LogP contribution < -0.4 is 10.1 Å². The lowest BCUT2D eigenvalue weighted by Crippen LogP contribution is -2.25. The van der Waals surface area contributed by atoms with Crippen molar-refractivity contribution < 1.29 is 9.53 Å². The van der Waals surface area contributed by atoms with E-state index in [1.807, 2.05) is 24.3 Å². The third-order valence-electron chi connectivity index (χ3n) is 2.28. The molecule has 1 aromatic carbocycles. The van der Waals surface area contributed by atoms with Gasteiger partial charge in [-0.15, -0.1) is 0 Å². The van der Waals surface area contributed by atoms with Crippen LogP contribution in [0.2, 0.25) is 0 Å². The van der Waals surface area contributed by atoms with Crippen LogP contribution in [0.25, 0.3) is 0 Å². The maximum Gasteiger partial charge on any atom is 0.339 e. The smallest absolute Gasteiger partial charge is 0.339 e. The summed E-state index contributed by atoms with van der Waals surface area (Å²) in [4.78, 5) is 11.6. The van der Waals surface area contributed by atoms with Gasteiger partial charge in [-0.25, -0.2) is 4.79 Å². The minimum Gasteiger partial charge on any atom is -0.423 e. The van der Waals surface area contributed by atoms with Gasteiger partial charge < -0.3 is 10.1 Å². The van der Waals surface area contributed by atoms with Gasteiger partial charge in [0.05, 0.1) is 0 Å². The fourth-order valence-electron chi connectivity index (χ4n) is 1.47. The molecule has 0 saturated heterocycles. The lowest BCUT2D eigenvalue weighted by atomic mass is 10.1. The van der Waals surface area contributed by atoms with Gasteiger partial charge in [-0.05, 0) is 25.1 Å². The van der Waals surface area contributed by atoms with Crippen molar-refractivity contribution in [2.24, 2.45) is 0 Å². The molecule has 0 aromatic heterocycles. The van der Waals surface area contributed by atoms with E-state index in [1.165, 1.54) is 0 Å². The molecule has 15 heavy (non-hydrogen) atoms. The number of hydrogen-bond donors (Lipinski definition) is 1. The van der Waals surface area contributed by atoms with Crippen molar-refractivity contribution in [3.8, 4) is 5.75 Å². The zero-order chi connectivity index (χ0) is 10.5. The number of hydrogen-bond acceptors (Lipinski definition) is 3. The number of nitrogens with one attached hydrogen (secondary N) is 1. The Bertz CT molecular complexity index is 370. The molecular weight excluding hydrogens is 190 g/mol. The Morgan fingerprint density at radius 3 is 2.73 bits per heavy atom. The second-order valence-corrected chi connectivity index (χ2v) is 3.39. The number of carbonyl (C=O) groups excluding carboxylic acids is 1. The lowest BCUT2D eigenvalue weighted by molar-refractivity contribution is -0.130. The number of ether oxygens (including phenoxy) is 1. The van der Waals surface area contributed by atoms with E-state index in [0.29, 0.717) is 5.75 Å². The first-order chi connectivity index (χ1) is 7.36. The Balaban J connectivity index is 2.00. The van der Waals surface area contributed by atoms with Gasteiger partial charge >= 0.3 is 5.97 Å². The minimum absolute atomic E-state index is 0.234. The van der Waals surface area contributed by atoms with E-state index in [9.17, 15) is 4.79 Å². The second-order valence-electron chi connectivity index (χ2n) is 3.39. The molecule has 3 nitrogen and oxygen atoms in total. The highest BCUT2D eigenvalue weighted by atomic mass is 16.5. The van der Waals surface area contributed by atoms with Gasteiger partial charge in [0.2, 0.25) is 0 Å². The average molecular weight is 203 g/mol. The predicted molar refractivity (Wildman–Crippen MR) is 57.6 cm³/mol. The van der Waals surface area contributed by atoms with Crippen LogP contribution in [0.5, 0.6) is 5.75 Å². The summed E-state index contributed by atoms with van der Waals surface area (Å²) in [7, 11) is 0. The summed E-state index contributed by atoms with van der Waals surface area (Å²) < 4.78 is 5.22. The molecule has 0 atom stereocenters. The van der Waals surface area contributed by atoms with Crippen LogP contribution in [-0.2, 0) is 4.79 Å². The molecule has 0 radical (unpaired) electrons. The van der Waals surface area contributed by atoms with Crippen LogP contribution in [0.3, 0.4) is 0 Å². The van der Waals surface area contributed by atoms with Crippen molar-refractivity contribution in [1.29, 1.82) is 0 Å². The number of esters is 1. The van der Waals surface area contributed by atoms with Crippen LogP contribution in [0, 0.1) is 0 Å². The van der Waals surface area contributed by atoms with Crippen molar-refractivity contribution in [2.75, 3.05) is 13.1 Å². The molecule has 3 heteroatoms. The van der Waals surface area contributed by atoms with Gasteiger partial charge in [0.1, 0.15) is 5.75 Å². The Kier molecular flexibility index (Phi) is 3.15. The zero-order valence-electron chi connectivity index (χ0n) is 8.40. The molecule has 0 unspecified atom stereocenters. The number of para-hydroxylation sites is 1. The molecule has 1 heterocycles. The fraction of sp³-hybridized carbons (Fsp3) is 0.250. The van der Waals surface area contributed by atoms with E-state index in [1.54, 1.807) is 12.1 Å². The summed E-state index contributed by atoms with van der Waals surface area (Å²) in [5.41, 5.74) is 0.762. The van der Waals surface area contributed by atoms with E-state index in [2.05, 4.69) is 5.32 Å². The quantitative estimate of drug-likeness (QED) is 0.585. The van der Waals surface area contributed by atoms with Gasteiger partial charge in [0.15, 0.2) is 0 Å². The molecule has 78 valence electrons. The summed E-state index contributed by atoms with van der Waals surface area (Å²) in [6.45, 7) is 1.59. The van der Waals surface area contributed by atoms with Crippen LogP contribution in [0.4, 0.5) is 0 Å². The van der Waals surface area contributed by atoms with E-state index in [4.69, 9.17) is 4.74 Å². The Morgan fingerprint density at radius 2 is 2.07 bits per heavy atom. The molecule has 0 amide bonds. The van der Waals surface area contributed by atoms with Crippen LogP contribution in [0.15, 0.2) is 42.0 Å². The van der Waals surface area contributed by atoms with Crippen LogP contribution in [-0.4, -0.2) is 19.1 Å². The zero-order valence-corrected chi connectivity index (χ0v) is 8.40. The standard InChI is InChI=1S/C12H13NO2/c14-12(10-6-8-13-9-7-10)15-11-4-2-1-3-5-11/h1-6,13H,7-9H2. The number of benzene rings is 1. The molecule has 2 rings (SSSR count). The first-order valence-electron chi connectivity index (χ1n) is 5.03. The van der Waals surface area contributed by atoms with E-state index in [-0.39, 0.29) is 5.97 Å². The van der Waals surface area contributed by atoms with E-state index < -0.39 is 0 Å². The first-order valence-corrected chi connectivity index (χ1v) is 5.03. The van der Waals surface area contributed by atoms with Gasteiger partial charge in [0.25, 0.3) is 0 Å². The van der Waals surface area contributed by atoms with Crippen LogP contribution in [0.1, 0.15) is 6.42 Å². The van der Waals surface area contributed by atoms with Crippen molar-refractivity contribution >= 4 is 5.97 Å².